The average molecular weight is 375 g/mol. The largest absolute Gasteiger partial charge is 0.396 e. The van der Waals surface area contributed by atoms with Gasteiger partial charge in [-0.25, -0.2) is 9.97 Å². The number of aliphatic hydroxyl groups is 1. The molecule has 26 heavy (non-hydrogen) atoms. The van der Waals surface area contributed by atoms with Gasteiger partial charge in [0, 0.05) is 55.1 Å². The number of amides is 1. The van der Waals surface area contributed by atoms with Crippen LogP contribution < -0.4 is 5.32 Å². The topological polar surface area (TPSA) is 80.0 Å². The molecule has 140 valence electrons. The molecule has 3 heterocycles. The summed E-state index contributed by atoms with van der Waals surface area (Å²) in [5.41, 5.74) is 2.02. The van der Waals surface area contributed by atoms with Crippen molar-refractivity contribution in [3.05, 3.63) is 28.8 Å². The number of carbonyl (C=O) groups excluding carboxylic acids is 1. The van der Waals surface area contributed by atoms with Crippen molar-refractivity contribution in [2.24, 2.45) is 5.92 Å². The number of nitrogens with one attached hydrogen (secondary N) is 1. The summed E-state index contributed by atoms with van der Waals surface area (Å²) in [6.07, 6.45) is 10.6. The van der Waals surface area contributed by atoms with Crippen molar-refractivity contribution in [3.63, 3.8) is 0 Å². The fourth-order valence-corrected chi connectivity index (χ4v) is 4.95. The van der Waals surface area contributed by atoms with Gasteiger partial charge in [-0.15, -0.1) is 11.3 Å². The van der Waals surface area contributed by atoms with Gasteiger partial charge in [-0.3, -0.25) is 4.79 Å². The smallest absolute Gasteiger partial charge is 0.229 e. The second-order valence-corrected chi connectivity index (χ2v) is 8.25. The van der Waals surface area contributed by atoms with Crippen LogP contribution >= 0.6 is 11.3 Å². The number of thiazole rings is 1. The molecule has 1 unspecified atom stereocenters. The Labute approximate surface area is 157 Å². The molecule has 1 fully saturated rings. The summed E-state index contributed by atoms with van der Waals surface area (Å²) in [6, 6.07) is 0. The predicted molar refractivity (Wildman–Crippen MR) is 101 cm³/mol. The Morgan fingerprint density at radius 2 is 2.15 bits per heavy atom. The molecular weight excluding hydrogens is 348 g/mol. The minimum atomic E-state index is -0.0244. The zero-order chi connectivity index (χ0) is 17.9. The average Bonchev–Trinajstić information content (AvgIpc) is 3.29. The van der Waals surface area contributed by atoms with E-state index in [1.54, 1.807) is 0 Å². The predicted octanol–water partition coefficient (Wildman–Crippen LogP) is 3.12. The van der Waals surface area contributed by atoms with Crippen LogP contribution in [0.2, 0.25) is 0 Å². The van der Waals surface area contributed by atoms with E-state index in [4.69, 9.17) is 10.1 Å². The zero-order valence-corrected chi connectivity index (χ0v) is 15.8. The molecular formula is C19H26N4O2S. The van der Waals surface area contributed by atoms with Gasteiger partial charge in [0.1, 0.15) is 5.82 Å². The molecule has 1 aliphatic heterocycles. The molecule has 0 bridgehead atoms. The third-order valence-electron chi connectivity index (χ3n) is 5.62. The molecule has 0 saturated heterocycles. The number of hydrogen-bond acceptors (Lipinski definition) is 5. The summed E-state index contributed by atoms with van der Waals surface area (Å²) < 4.78 is 2.36. The number of aromatic nitrogens is 3. The normalized spacial score (nSPS) is 20.7. The van der Waals surface area contributed by atoms with E-state index in [0.717, 1.165) is 25.1 Å². The van der Waals surface area contributed by atoms with Crippen LogP contribution in [0.3, 0.4) is 0 Å². The summed E-state index contributed by atoms with van der Waals surface area (Å²) >= 11 is 1.42. The monoisotopic (exact) mass is 374 g/mol. The second-order valence-electron chi connectivity index (χ2n) is 7.39. The molecule has 0 spiro atoms. The van der Waals surface area contributed by atoms with Crippen LogP contribution in [0.25, 0.3) is 0 Å². The van der Waals surface area contributed by atoms with E-state index in [-0.39, 0.29) is 18.4 Å². The number of rotatable bonds is 5. The summed E-state index contributed by atoms with van der Waals surface area (Å²) in [5.74, 6) is 1.86. The van der Waals surface area contributed by atoms with Crippen molar-refractivity contribution in [3.8, 4) is 0 Å². The highest BCUT2D eigenvalue weighted by Gasteiger charge is 2.29. The molecule has 2 N–H and O–H groups in total. The Balaban J connectivity index is 1.40. The zero-order valence-electron chi connectivity index (χ0n) is 15.0. The number of fused-ring (bicyclic) bond motifs is 1. The first-order valence-electron chi connectivity index (χ1n) is 9.65. The molecule has 0 radical (unpaired) electrons. The lowest BCUT2D eigenvalue weighted by Crippen LogP contribution is -2.31. The van der Waals surface area contributed by atoms with E-state index in [0.29, 0.717) is 17.5 Å². The Hall–Kier alpha value is -1.73. The van der Waals surface area contributed by atoms with Crippen LogP contribution in [0.5, 0.6) is 0 Å². The van der Waals surface area contributed by atoms with E-state index in [9.17, 15) is 4.79 Å². The summed E-state index contributed by atoms with van der Waals surface area (Å²) in [7, 11) is 0. The first kappa shape index (κ1) is 17.7. The SMILES string of the molecule is O=C(Nc1nc(CCO)cs1)C1CCn2c(cnc2C2CCCCC2)C1. The van der Waals surface area contributed by atoms with Crippen LogP contribution in [-0.4, -0.2) is 32.2 Å². The van der Waals surface area contributed by atoms with E-state index in [2.05, 4.69) is 14.9 Å². The first-order valence-corrected chi connectivity index (χ1v) is 10.5. The standard InChI is InChI=1S/C19H26N4O2S/c24-9-7-15-12-26-19(21-15)22-18(25)14-6-8-23-16(10-14)11-20-17(23)13-4-2-1-3-5-13/h11-14,24H,1-10H2,(H,21,22,25). The number of nitrogens with zero attached hydrogens (tertiary/aromatic N) is 3. The van der Waals surface area contributed by atoms with Crippen molar-refractivity contribution in [2.75, 3.05) is 11.9 Å². The van der Waals surface area contributed by atoms with Crippen LogP contribution in [0.15, 0.2) is 11.6 Å². The van der Waals surface area contributed by atoms with Gasteiger partial charge in [0.25, 0.3) is 0 Å². The van der Waals surface area contributed by atoms with Crippen LogP contribution in [0.4, 0.5) is 5.13 Å². The third-order valence-corrected chi connectivity index (χ3v) is 6.42. The van der Waals surface area contributed by atoms with Crippen molar-refractivity contribution in [2.45, 2.75) is 63.8 Å². The van der Waals surface area contributed by atoms with Gasteiger partial charge in [-0.05, 0) is 19.3 Å². The van der Waals surface area contributed by atoms with Gasteiger partial charge in [-0.2, -0.15) is 0 Å². The van der Waals surface area contributed by atoms with E-state index >= 15 is 0 Å². The number of hydrogen-bond donors (Lipinski definition) is 2. The molecule has 0 aromatic carbocycles. The van der Waals surface area contributed by atoms with Gasteiger partial charge in [0.15, 0.2) is 5.13 Å². The van der Waals surface area contributed by atoms with Crippen LogP contribution in [0, 0.1) is 5.92 Å². The first-order chi connectivity index (χ1) is 12.7. The lowest BCUT2D eigenvalue weighted by molar-refractivity contribution is -0.120. The lowest BCUT2D eigenvalue weighted by atomic mass is 9.88. The molecule has 1 aliphatic carbocycles. The van der Waals surface area contributed by atoms with Crippen molar-refractivity contribution in [1.29, 1.82) is 0 Å². The minimum absolute atomic E-state index is 0.0244. The second kappa shape index (κ2) is 7.88. The molecule has 1 atom stereocenters. The molecule has 2 aromatic heterocycles. The highest BCUT2D eigenvalue weighted by molar-refractivity contribution is 7.13. The molecule has 7 heteroatoms. The summed E-state index contributed by atoms with van der Waals surface area (Å²) in [5, 5.41) is 14.4. The van der Waals surface area contributed by atoms with Crippen molar-refractivity contribution in [1.82, 2.24) is 14.5 Å². The fourth-order valence-electron chi connectivity index (χ4n) is 4.20. The van der Waals surface area contributed by atoms with Gasteiger partial charge < -0.3 is 15.0 Å². The number of aliphatic hydroxyl groups excluding tert-OH is 1. The maximum Gasteiger partial charge on any atom is 0.229 e. The molecule has 1 saturated carbocycles. The van der Waals surface area contributed by atoms with Crippen molar-refractivity contribution >= 4 is 22.4 Å². The highest BCUT2D eigenvalue weighted by atomic mass is 32.1. The van der Waals surface area contributed by atoms with E-state index in [1.165, 1.54) is 55.0 Å². The number of anilines is 1. The Morgan fingerprint density at radius 1 is 1.31 bits per heavy atom. The van der Waals surface area contributed by atoms with Crippen LogP contribution in [-0.2, 0) is 24.2 Å². The lowest BCUT2D eigenvalue weighted by Gasteiger charge is -2.27. The summed E-state index contributed by atoms with van der Waals surface area (Å²) in [4.78, 5) is 21.7. The molecule has 2 aliphatic rings. The van der Waals surface area contributed by atoms with Gasteiger partial charge in [0.05, 0.1) is 5.69 Å². The van der Waals surface area contributed by atoms with Crippen LogP contribution in [0.1, 0.15) is 61.7 Å². The molecule has 6 nitrogen and oxygen atoms in total. The van der Waals surface area contributed by atoms with E-state index in [1.807, 2.05) is 11.6 Å². The highest BCUT2D eigenvalue weighted by Crippen LogP contribution is 2.34. The maximum atomic E-state index is 12.6. The Bertz CT molecular complexity index is 763. The third kappa shape index (κ3) is 3.69. The van der Waals surface area contributed by atoms with Gasteiger partial charge in [0.2, 0.25) is 5.91 Å². The molecule has 4 rings (SSSR count). The molecule has 2 aromatic rings. The number of imidazole rings is 1. The number of carbonyl (C=O) groups is 1. The summed E-state index contributed by atoms with van der Waals surface area (Å²) in [6.45, 7) is 0.958. The minimum Gasteiger partial charge on any atom is -0.396 e. The fraction of sp³-hybridized carbons (Fsp3) is 0.632. The van der Waals surface area contributed by atoms with Gasteiger partial charge in [-0.1, -0.05) is 19.3 Å². The quantitative estimate of drug-likeness (QED) is 0.843. The maximum absolute atomic E-state index is 12.6. The van der Waals surface area contributed by atoms with Crippen molar-refractivity contribution < 1.29 is 9.90 Å². The Kier molecular flexibility index (Phi) is 5.36. The van der Waals surface area contributed by atoms with Gasteiger partial charge >= 0.3 is 0 Å². The molecule has 1 amide bonds. The van der Waals surface area contributed by atoms with E-state index < -0.39 is 0 Å². The Morgan fingerprint density at radius 3 is 2.96 bits per heavy atom.